The largest absolute Gasteiger partial charge is 0.444 e. The molecule has 0 N–H and O–H groups in total. The van der Waals surface area contributed by atoms with Crippen LogP contribution in [-0.4, -0.2) is 35.0 Å². The van der Waals surface area contributed by atoms with E-state index in [0.717, 1.165) is 32.0 Å². The van der Waals surface area contributed by atoms with E-state index in [0.29, 0.717) is 6.54 Å². The summed E-state index contributed by atoms with van der Waals surface area (Å²) in [4.78, 5) is 24.8. The van der Waals surface area contributed by atoms with E-state index in [1.165, 1.54) is 0 Å². The number of nitrogens with zero attached hydrogens (tertiary/aromatic N) is 1. The third kappa shape index (κ3) is 2.61. The highest BCUT2D eigenvalue weighted by Gasteiger charge is 2.54. The molecular weight excluding hydrogens is 218 g/mol. The molecule has 96 valence electrons. The van der Waals surface area contributed by atoms with Gasteiger partial charge in [-0.25, -0.2) is 4.79 Å². The molecule has 0 bridgehead atoms. The summed E-state index contributed by atoms with van der Waals surface area (Å²) in [6, 6.07) is 0. The normalized spacial score (nSPS) is 26.8. The molecule has 2 fully saturated rings. The van der Waals surface area contributed by atoms with Gasteiger partial charge in [-0.15, -0.1) is 0 Å². The summed E-state index contributed by atoms with van der Waals surface area (Å²) in [5.74, 6) is 0.121. The van der Waals surface area contributed by atoms with Gasteiger partial charge < -0.3 is 14.4 Å². The number of piperidine rings is 1. The zero-order valence-corrected chi connectivity index (χ0v) is 10.9. The van der Waals surface area contributed by atoms with Crippen LogP contribution in [0.5, 0.6) is 0 Å². The van der Waals surface area contributed by atoms with Crippen molar-refractivity contribution < 1.29 is 14.3 Å². The number of likely N-dealkylation sites (tertiary alicyclic amines) is 1. The fraction of sp³-hybridized carbons (Fsp3) is 0.846. The number of hydrogen-bond acceptors (Lipinski definition) is 3. The minimum Gasteiger partial charge on any atom is -0.444 e. The van der Waals surface area contributed by atoms with Crippen molar-refractivity contribution in [2.75, 3.05) is 6.54 Å². The summed E-state index contributed by atoms with van der Waals surface area (Å²) in [5.41, 5.74) is -0.513. The molecule has 1 saturated heterocycles. The summed E-state index contributed by atoms with van der Waals surface area (Å²) in [6.45, 7) is 6.28. The van der Waals surface area contributed by atoms with E-state index in [-0.39, 0.29) is 17.6 Å². The average molecular weight is 239 g/mol. The number of aldehydes is 1. The molecular formula is C13H21NO3. The Morgan fingerprint density at radius 3 is 2.53 bits per heavy atom. The maximum absolute atomic E-state index is 12.1. The van der Waals surface area contributed by atoms with E-state index >= 15 is 0 Å². The van der Waals surface area contributed by atoms with Gasteiger partial charge in [-0.05, 0) is 46.5 Å². The highest BCUT2D eigenvalue weighted by Crippen LogP contribution is 2.50. The van der Waals surface area contributed by atoms with Gasteiger partial charge in [0.2, 0.25) is 0 Å². The van der Waals surface area contributed by atoms with Crippen molar-refractivity contribution in [1.29, 1.82) is 0 Å². The highest BCUT2D eigenvalue weighted by molar-refractivity contribution is 5.70. The lowest BCUT2D eigenvalue weighted by Crippen LogP contribution is -2.50. The van der Waals surface area contributed by atoms with E-state index < -0.39 is 5.60 Å². The van der Waals surface area contributed by atoms with Crippen molar-refractivity contribution in [1.82, 2.24) is 4.90 Å². The van der Waals surface area contributed by atoms with Gasteiger partial charge in [0.05, 0.1) is 0 Å². The summed E-state index contributed by atoms with van der Waals surface area (Å²) >= 11 is 0. The number of amides is 1. The molecule has 17 heavy (non-hydrogen) atoms. The lowest BCUT2D eigenvalue weighted by molar-refractivity contribution is -0.113. The molecule has 2 aliphatic rings. The van der Waals surface area contributed by atoms with Gasteiger partial charge in [0.1, 0.15) is 11.9 Å². The van der Waals surface area contributed by atoms with E-state index in [4.69, 9.17) is 4.74 Å². The Bertz CT molecular complexity index is 328. The van der Waals surface area contributed by atoms with Crippen molar-refractivity contribution in [2.24, 2.45) is 5.92 Å². The quantitative estimate of drug-likeness (QED) is 0.660. The van der Waals surface area contributed by atoms with Crippen molar-refractivity contribution in [2.45, 2.75) is 57.6 Å². The topological polar surface area (TPSA) is 46.6 Å². The number of carbonyl (C=O) groups excluding carboxylic acids is 2. The lowest BCUT2D eigenvalue weighted by atomic mass is 9.90. The highest BCUT2D eigenvalue weighted by atomic mass is 16.6. The van der Waals surface area contributed by atoms with Gasteiger partial charge in [-0.3, -0.25) is 0 Å². The molecule has 0 aromatic rings. The second kappa shape index (κ2) is 4.00. The molecule has 4 nitrogen and oxygen atoms in total. The van der Waals surface area contributed by atoms with Crippen LogP contribution in [0.2, 0.25) is 0 Å². The molecule has 1 unspecified atom stereocenters. The van der Waals surface area contributed by atoms with Crippen molar-refractivity contribution in [3.63, 3.8) is 0 Å². The van der Waals surface area contributed by atoms with Crippen LogP contribution < -0.4 is 0 Å². The van der Waals surface area contributed by atoms with Gasteiger partial charge in [-0.2, -0.15) is 0 Å². The van der Waals surface area contributed by atoms with Crippen LogP contribution in [0.1, 0.15) is 46.5 Å². The van der Waals surface area contributed by atoms with Gasteiger partial charge in [0.25, 0.3) is 0 Å². The average Bonchev–Trinajstić information content (AvgIpc) is 2.95. The van der Waals surface area contributed by atoms with E-state index in [2.05, 4.69) is 0 Å². The minimum atomic E-state index is -0.450. The Morgan fingerprint density at radius 2 is 2.06 bits per heavy atom. The van der Waals surface area contributed by atoms with Gasteiger partial charge in [0.15, 0.2) is 0 Å². The Balaban J connectivity index is 2.02. The smallest absolute Gasteiger partial charge is 0.410 e. The molecule has 1 spiro atoms. The first-order valence-corrected chi connectivity index (χ1v) is 6.32. The van der Waals surface area contributed by atoms with Gasteiger partial charge in [0, 0.05) is 18.0 Å². The van der Waals surface area contributed by atoms with E-state index in [9.17, 15) is 9.59 Å². The van der Waals surface area contributed by atoms with Crippen LogP contribution in [0.3, 0.4) is 0 Å². The Labute approximate surface area is 102 Å². The zero-order valence-electron chi connectivity index (χ0n) is 10.9. The minimum absolute atomic E-state index is 0.0633. The monoisotopic (exact) mass is 239 g/mol. The molecule has 1 saturated carbocycles. The predicted molar refractivity (Wildman–Crippen MR) is 63.7 cm³/mol. The third-order valence-corrected chi connectivity index (χ3v) is 3.57. The van der Waals surface area contributed by atoms with Gasteiger partial charge >= 0.3 is 6.09 Å². The Hall–Kier alpha value is -1.06. The van der Waals surface area contributed by atoms with Crippen LogP contribution in [0, 0.1) is 5.92 Å². The Kier molecular flexibility index (Phi) is 2.92. The van der Waals surface area contributed by atoms with E-state index in [1.807, 2.05) is 25.7 Å². The number of ether oxygens (including phenoxy) is 1. The lowest BCUT2D eigenvalue weighted by Gasteiger charge is -2.39. The first-order valence-electron chi connectivity index (χ1n) is 6.32. The number of rotatable bonds is 1. The molecule has 0 aromatic carbocycles. The molecule has 1 heterocycles. The second-order valence-electron chi connectivity index (χ2n) is 6.25. The SMILES string of the molecule is CC(C)(C)OC(=O)N1CCC(C=O)CC12CC2. The number of carbonyl (C=O) groups is 2. The second-order valence-corrected chi connectivity index (χ2v) is 6.25. The molecule has 1 aliphatic carbocycles. The van der Waals surface area contributed by atoms with Crippen LogP contribution in [-0.2, 0) is 9.53 Å². The molecule has 0 aromatic heterocycles. The van der Waals surface area contributed by atoms with Crippen LogP contribution in [0.4, 0.5) is 4.79 Å². The third-order valence-electron chi connectivity index (χ3n) is 3.57. The summed E-state index contributed by atoms with van der Waals surface area (Å²) < 4.78 is 5.42. The van der Waals surface area contributed by atoms with E-state index in [1.54, 1.807) is 0 Å². The standard InChI is InChI=1S/C13H21NO3/c1-12(2,3)17-11(16)14-7-4-10(9-15)8-13(14)5-6-13/h9-10H,4-8H2,1-3H3. The van der Waals surface area contributed by atoms with Crippen LogP contribution in [0.25, 0.3) is 0 Å². The maximum Gasteiger partial charge on any atom is 0.410 e. The number of hydrogen-bond donors (Lipinski definition) is 0. The van der Waals surface area contributed by atoms with Crippen molar-refractivity contribution >= 4 is 12.4 Å². The predicted octanol–water partition coefficient (Wildman–Crippen LogP) is 2.37. The Morgan fingerprint density at radius 1 is 1.41 bits per heavy atom. The zero-order chi connectivity index (χ0) is 12.7. The summed E-state index contributed by atoms with van der Waals surface area (Å²) in [7, 11) is 0. The van der Waals surface area contributed by atoms with Crippen molar-refractivity contribution in [3.05, 3.63) is 0 Å². The first kappa shape index (κ1) is 12.4. The molecule has 4 heteroatoms. The first-order chi connectivity index (χ1) is 7.86. The van der Waals surface area contributed by atoms with Crippen LogP contribution >= 0.6 is 0 Å². The fourth-order valence-electron chi connectivity index (χ4n) is 2.57. The molecule has 2 rings (SSSR count). The molecule has 1 amide bonds. The molecule has 0 radical (unpaired) electrons. The van der Waals surface area contributed by atoms with Crippen LogP contribution in [0.15, 0.2) is 0 Å². The summed E-state index contributed by atoms with van der Waals surface area (Å²) in [5, 5.41) is 0. The summed E-state index contributed by atoms with van der Waals surface area (Å²) in [6.07, 6.45) is 4.42. The molecule has 1 atom stereocenters. The molecule has 1 aliphatic heterocycles. The van der Waals surface area contributed by atoms with Crippen molar-refractivity contribution in [3.8, 4) is 0 Å². The van der Waals surface area contributed by atoms with Gasteiger partial charge in [-0.1, -0.05) is 0 Å². The maximum atomic E-state index is 12.1. The fourth-order valence-corrected chi connectivity index (χ4v) is 2.57.